The Morgan fingerprint density at radius 1 is 1.29 bits per heavy atom. The summed E-state index contributed by atoms with van der Waals surface area (Å²) in [4.78, 5) is -0.166. The Morgan fingerprint density at radius 3 is 2.41 bits per heavy atom. The molecule has 1 aromatic rings. The van der Waals surface area contributed by atoms with Crippen molar-refractivity contribution in [3.63, 3.8) is 0 Å². The van der Waals surface area contributed by atoms with E-state index in [4.69, 9.17) is 0 Å². The molecule has 94 valence electrons. The van der Waals surface area contributed by atoms with Gasteiger partial charge in [-0.3, -0.25) is 0 Å². The molecular formula is C9H12O6STi. The molecule has 0 fully saturated rings. The van der Waals surface area contributed by atoms with E-state index in [0.29, 0.717) is 0 Å². The number of rotatable bonds is 6. The molecule has 2 N–H and O–H groups in total. The van der Waals surface area contributed by atoms with E-state index in [-0.39, 0.29) is 11.5 Å². The summed E-state index contributed by atoms with van der Waals surface area (Å²) in [5.41, 5.74) is 0. The summed E-state index contributed by atoms with van der Waals surface area (Å²) in [6, 6.07) is 7.16. The molecule has 0 atom stereocenters. The second kappa shape index (κ2) is 5.88. The standard InChI is InChI=1S/C6H6O3S.C3H5O.2H2O.Ti/c7-10(8,9)6-4-2-1-3-5-6;1-2-3-4;;;/h1-5H,(H,7,8,9);2H,1,3H2;2*1H2;/q;-1;;;+4/p-3. The Kier molecular flexibility index (Phi) is 5.02. The topological polar surface area (TPSA) is 93.1 Å². The van der Waals surface area contributed by atoms with Crippen molar-refractivity contribution in [1.29, 1.82) is 0 Å². The number of hydrogen-bond acceptors (Lipinski definition) is 6. The zero-order valence-electron chi connectivity index (χ0n) is 8.81. The Hall–Kier alpha value is -0.536. The minimum atomic E-state index is -5.22. The fourth-order valence-electron chi connectivity index (χ4n) is 0.970. The molecule has 0 aliphatic heterocycles. The van der Waals surface area contributed by atoms with Gasteiger partial charge in [0.25, 0.3) is 0 Å². The van der Waals surface area contributed by atoms with Gasteiger partial charge in [0, 0.05) is 0 Å². The first-order chi connectivity index (χ1) is 7.87. The Morgan fingerprint density at radius 2 is 1.88 bits per heavy atom. The van der Waals surface area contributed by atoms with E-state index in [1.165, 1.54) is 30.3 Å². The van der Waals surface area contributed by atoms with Gasteiger partial charge in [-0.15, -0.1) is 0 Å². The molecule has 1 rings (SSSR count). The zero-order chi connectivity index (χ0) is 12.9. The summed E-state index contributed by atoms with van der Waals surface area (Å²) < 4.78 is 50.7. The normalized spacial score (nSPS) is 12.4. The van der Waals surface area contributed by atoms with Gasteiger partial charge in [-0.25, -0.2) is 0 Å². The third-order valence-corrected chi connectivity index (χ3v) is 5.82. The molecule has 0 aliphatic rings. The van der Waals surface area contributed by atoms with Gasteiger partial charge in [-0.1, -0.05) is 0 Å². The van der Waals surface area contributed by atoms with Crippen molar-refractivity contribution in [2.45, 2.75) is 4.90 Å². The predicted octanol–water partition coefficient (Wildman–Crippen LogP) is 0.393. The molecule has 0 heterocycles. The first-order valence-electron chi connectivity index (χ1n) is 4.58. The SMILES string of the molecule is C=CC[O][Ti]([OH])([OH])[O]S(=O)(=O)c1ccccc1. The summed E-state index contributed by atoms with van der Waals surface area (Å²) in [5.74, 6) is 0. The van der Waals surface area contributed by atoms with Crippen molar-refractivity contribution in [2.24, 2.45) is 0 Å². The van der Waals surface area contributed by atoms with E-state index in [1.54, 1.807) is 6.07 Å². The van der Waals surface area contributed by atoms with Crippen LogP contribution in [0, 0.1) is 0 Å². The van der Waals surface area contributed by atoms with Gasteiger partial charge in [-0.2, -0.15) is 0 Å². The van der Waals surface area contributed by atoms with E-state index in [9.17, 15) is 15.8 Å². The van der Waals surface area contributed by atoms with E-state index in [1.807, 2.05) is 0 Å². The summed E-state index contributed by atoms with van der Waals surface area (Å²) in [7, 11) is -4.22. The van der Waals surface area contributed by atoms with Crippen LogP contribution >= 0.6 is 0 Å². The molecule has 0 aliphatic carbocycles. The molecule has 0 aromatic heterocycles. The van der Waals surface area contributed by atoms with Gasteiger partial charge in [0.1, 0.15) is 0 Å². The molecule has 6 nitrogen and oxygen atoms in total. The van der Waals surface area contributed by atoms with Crippen molar-refractivity contribution < 1.29 is 40.0 Å². The van der Waals surface area contributed by atoms with Gasteiger partial charge in [0.2, 0.25) is 0 Å². The predicted molar refractivity (Wildman–Crippen MR) is 55.3 cm³/mol. The average Bonchev–Trinajstić information content (AvgIpc) is 2.26. The van der Waals surface area contributed by atoms with Gasteiger partial charge < -0.3 is 0 Å². The molecular weight excluding hydrogens is 284 g/mol. The maximum atomic E-state index is 11.6. The third kappa shape index (κ3) is 4.68. The van der Waals surface area contributed by atoms with Crippen LogP contribution in [0.5, 0.6) is 0 Å². The second-order valence-electron chi connectivity index (χ2n) is 3.00. The van der Waals surface area contributed by atoms with Crippen LogP contribution in [0.2, 0.25) is 0 Å². The molecule has 0 saturated heterocycles. The molecule has 17 heavy (non-hydrogen) atoms. The minimum absolute atomic E-state index is 0.166. The Balaban J connectivity index is 2.83. The summed E-state index contributed by atoms with van der Waals surface area (Å²) >= 11 is -5.22. The van der Waals surface area contributed by atoms with Crippen LogP contribution < -0.4 is 0 Å². The van der Waals surface area contributed by atoms with Crippen molar-refractivity contribution in [3.05, 3.63) is 43.0 Å². The Bertz CT molecular complexity index is 470. The fourth-order valence-corrected chi connectivity index (χ4v) is 4.43. The number of benzene rings is 1. The van der Waals surface area contributed by atoms with Crippen LogP contribution in [0.1, 0.15) is 0 Å². The van der Waals surface area contributed by atoms with Gasteiger partial charge in [-0.05, 0) is 0 Å². The van der Waals surface area contributed by atoms with Crippen molar-refractivity contribution in [1.82, 2.24) is 0 Å². The third-order valence-electron chi connectivity index (χ3n) is 1.64. The second-order valence-corrected chi connectivity index (χ2v) is 7.49. The van der Waals surface area contributed by atoms with Crippen LogP contribution in [-0.4, -0.2) is 22.4 Å². The van der Waals surface area contributed by atoms with E-state index >= 15 is 0 Å². The van der Waals surface area contributed by atoms with Crippen molar-refractivity contribution >= 4 is 10.1 Å². The average molecular weight is 296 g/mol. The van der Waals surface area contributed by atoms with Crippen molar-refractivity contribution in [3.8, 4) is 0 Å². The number of hydrogen-bond donors (Lipinski definition) is 2. The van der Waals surface area contributed by atoms with Crippen LogP contribution in [-0.2, 0) is 34.3 Å². The quantitative estimate of drug-likeness (QED) is 0.583. The monoisotopic (exact) mass is 296 g/mol. The molecule has 0 unspecified atom stereocenters. The van der Waals surface area contributed by atoms with Crippen molar-refractivity contribution in [2.75, 3.05) is 6.61 Å². The summed E-state index contributed by atoms with van der Waals surface area (Å²) in [6.07, 6.45) is 1.25. The van der Waals surface area contributed by atoms with E-state index in [2.05, 4.69) is 12.7 Å². The molecule has 0 bridgehead atoms. The van der Waals surface area contributed by atoms with Gasteiger partial charge in [0.05, 0.1) is 0 Å². The zero-order valence-corrected chi connectivity index (χ0v) is 11.2. The van der Waals surface area contributed by atoms with Crippen LogP contribution in [0.4, 0.5) is 0 Å². The van der Waals surface area contributed by atoms with Crippen LogP contribution in [0.3, 0.4) is 0 Å². The summed E-state index contributed by atoms with van der Waals surface area (Å²) in [5, 5.41) is 0. The van der Waals surface area contributed by atoms with Crippen LogP contribution in [0.15, 0.2) is 47.9 Å². The first kappa shape index (κ1) is 14.5. The van der Waals surface area contributed by atoms with Gasteiger partial charge in [0.15, 0.2) is 0 Å². The molecule has 0 radical (unpaired) electrons. The first-order valence-corrected chi connectivity index (χ1v) is 8.66. The van der Waals surface area contributed by atoms with E-state index < -0.39 is 28.3 Å². The van der Waals surface area contributed by atoms with Crippen LogP contribution in [0.25, 0.3) is 0 Å². The Labute approximate surface area is 105 Å². The molecule has 1 aromatic carbocycles. The fraction of sp³-hybridized carbons (Fsp3) is 0.111. The maximum absolute atomic E-state index is 11.6. The molecule has 0 amide bonds. The van der Waals surface area contributed by atoms with E-state index in [0.717, 1.165) is 0 Å². The molecule has 0 spiro atoms. The van der Waals surface area contributed by atoms with Gasteiger partial charge >= 0.3 is 105 Å². The molecule has 8 heteroatoms. The summed E-state index contributed by atoms with van der Waals surface area (Å²) in [6.45, 7) is 3.10. The molecule has 0 saturated carbocycles.